The zero-order valence-electron chi connectivity index (χ0n) is 7.40. The van der Waals surface area contributed by atoms with Gasteiger partial charge in [0.1, 0.15) is 0 Å². The van der Waals surface area contributed by atoms with Gasteiger partial charge in [0.15, 0.2) is 3.95 Å². The van der Waals surface area contributed by atoms with Crippen LogP contribution in [0.1, 0.15) is 19.3 Å². The topological polar surface area (TPSA) is 51.2 Å². The summed E-state index contributed by atoms with van der Waals surface area (Å²) in [4.78, 5) is 0. The highest BCUT2D eigenvalue weighted by Crippen LogP contribution is 2.17. The van der Waals surface area contributed by atoms with E-state index in [1.54, 1.807) is 9.95 Å². The first kappa shape index (κ1) is 10.7. The van der Waals surface area contributed by atoms with E-state index in [4.69, 9.17) is 18.0 Å². The van der Waals surface area contributed by atoms with Crippen LogP contribution in [0.5, 0.6) is 5.88 Å². The normalized spacial score (nSPS) is 10.5. The molecule has 0 aliphatic rings. The van der Waals surface area contributed by atoms with Crippen molar-refractivity contribution in [2.75, 3.05) is 6.54 Å². The minimum atomic E-state index is 0.280. The van der Waals surface area contributed by atoms with Gasteiger partial charge in [-0.05, 0) is 31.6 Å². The van der Waals surface area contributed by atoms with E-state index in [1.165, 1.54) is 11.3 Å². The number of nitrogens with two attached hydrogens (primary N) is 1. The maximum absolute atomic E-state index is 9.37. The second kappa shape index (κ2) is 5.36. The molecule has 0 aromatic carbocycles. The predicted octanol–water partition coefficient (Wildman–Crippen LogP) is 2.11. The average molecular weight is 218 g/mol. The second-order valence-corrected chi connectivity index (χ2v) is 4.36. The van der Waals surface area contributed by atoms with Crippen LogP contribution < -0.4 is 5.73 Å². The number of unbranched alkanes of at least 4 members (excludes halogenated alkanes) is 2. The molecule has 0 amide bonds. The van der Waals surface area contributed by atoms with Crippen molar-refractivity contribution in [3.05, 3.63) is 9.33 Å². The Morgan fingerprint density at radius 3 is 2.77 bits per heavy atom. The average Bonchev–Trinajstić information content (AvgIpc) is 2.42. The van der Waals surface area contributed by atoms with Gasteiger partial charge in [-0.2, -0.15) is 0 Å². The van der Waals surface area contributed by atoms with E-state index in [9.17, 15) is 5.11 Å². The molecule has 1 aromatic rings. The van der Waals surface area contributed by atoms with Crippen LogP contribution in [-0.2, 0) is 6.54 Å². The molecule has 1 rings (SSSR count). The van der Waals surface area contributed by atoms with E-state index >= 15 is 0 Å². The van der Waals surface area contributed by atoms with Gasteiger partial charge in [-0.3, -0.25) is 4.57 Å². The number of aromatic hydroxyl groups is 1. The lowest BCUT2D eigenvalue weighted by Crippen LogP contribution is -2.01. The molecule has 0 saturated heterocycles. The van der Waals surface area contributed by atoms with Crippen molar-refractivity contribution < 1.29 is 5.11 Å². The molecule has 0 aliphatic carbocycles. The third kappa shape index (κ3) is 3.10. The van der Waals surface area contributed by atoms with Gasteiger partial charge in [-0.25, -0.2) is 0 Å². The molecule has 0 atom stereocenters. The summed E-state index contributed by atoms with van der Waals surface area (Å²) in [6, 6.07) is 0. The van der Waals surface area contributed by atoms with Crippen LogP contribution in [0.3, 0.4) is 0 Å². The Balaban J connectivity index is 2.40. The summed E-state index contributed by atoms with van der Waals surface area (Å²) in [5.41, 5.74) is 5.37. The monoisotopic (exact) mass is 218 g/mol. The zero-order chi connectivity index (χ0) is 9.68. The molecule has 0 saturated carbocycles. The van der Waals surface area contributed by atoms with Gasteiger partial charge in [0, 0.05) is 6.54 Å². The van der Waals surface area contributed by atoms with Crippen LogP contribution in [0.4, 0.5) is 0 Å². The molecule has 3 N–H and O–H groups in total. The maximum Gasteiger partial charge on any atom is 0.202 e. The third-order valence-corrected chi connectivity index (χ3v) is 3.11. The number of nitrogens with zero attached hydrogens (tertiary/aromatic N) is 1. The molecule has 5 heteroatoms. The molecule has 3 nitrogen and oxygen atoms in total. The minimum absolute atomic E-state index is 0.280. The van der Waals surface area contributed by atoms with Gasteiger partial charge in [0.05, 0.1) is 5.38 Å². The summed E-state index contributed by atoms with van der Waals surface area (Å²) in [5.74, 6) is 0.280. The van der Waals surface area contributed by atoms with Crippen molar-refractivity contribution >= 4 is 23.6 Å². The summed E-state index contributed by atoms with van der Waals surface area (Å²) in [6.07, 6.45) is 3.15. The fraction of sp³-hybridized carbons (Fsp3) is 0.625. The molecular formula is C8H14N2OS2. The van der Waals surface area contributed by atoms with E-state index in [0.29, 0.717) is 0 Å². The second-order valence-electron chi connectivity index (χ2n) is 2.86. The van der Waals surface area contributed by atoms with E-state index in [1.807, 2.05) is 0 Å². The van der Waals surface area contributed by atoms with Crippen LogP contribution in [-0.4, -0.2) is 16.2 Å². The molecule has 13 heavy (non-hydrogen) atoms. The molecule has 1 heterocycles. The highest BCUT2D eigenvalue weighted by molar-refractivity contribution is 7.73. The SMILES string of the molecule is NCCCCCn1c(O)csc1=S. The number of hydrogen-bond donors (Lipinski definition) is 2. The van der Waals surface area contributed by atoms with Gasteiger partial charge in [-0.1, -0.05) is 6.42 Å². The summed E-state index contributed by atoms with van der Waals surface area (Å²) < 4.78 is 2.50. The lowest BCUT2D eigenvalue weighted by molar-refractivity contribution is 0.409. The zero-order valence-corrected chi connectivity index (χ0v) is 9.03. The molecule has 74 valence electrons. The number of rotatable bonds is 5. The van der Waals surface area contributed by atoms with Crippen LogP contribution in [0, 0.1) is 3.95 Å². The van der Waals surface area contributed by atoms with Crippen LogP contribution in [0.15, 0.2) is 5.38 Å². The van der Waals surface area contributed by atoms with E-state index in [-0.39, 0.29) is 5.88 Å². The molecule has 0 radical (unpaired) electrons. The van der Waals surface area contributed by atoms with Crippen LogP contribution >= 0.6 is 23.6 Å². The largest absolute Gasteiger partial charge is 0.494 e. The first-order chi connectivity index (χ1) is 6.25. The quantitative estimate of drug-likeness (QED) is 0.588. The molecule has 0 aliphatic heterocycles. The number of thiazole rings is 1. The standard InChI is InChI=1S/C8H14N2OS2/c9-4-2-1-3-5-10-7(11)6-13-8(10)12/h6,11H,1-5,9H2. The Kier molecular flexibility index (Phi) is 4.41. The van der Waals surface area contributed by atoms with E-state index in [0.717, 1.165) is 36.3 Å². The molecular weight excluding hydrogens is 204 g/mol. The fourth-order valence-corrected chi connectivity index (χ4v) is 2.10. The molecule has 0 spiro atoms. The molecule has 0 bridgehead atoms. The summed E-state index contributed by atoms with van der Waals surface area (Å²) in [5, 5.41) is 11.0. The molecule has 0 unspecified atom stereocenters. The predicted molar refractivity (Wildman–Crippen MR) is 57.7 cm³/mol. The fourth-order valence-electron chi connectivity index (χ4n) is 1.12. The lowest BCUT2D eigenvalue weighted by atomic mass is 10.2. The summed E-state index contributed by atoms with van der Waals surface area (Å²) in [6.45, 7) is 1.54. The number of aromatic nitrogens is 1. The van der Waals surface area contributed by atoms with Gasteiger partial charge >= 0.3 is 0 Å². The first-order valence-electron chi connectivity index (χ1n) is 4.33. The maximum atomic E-state index is 9.37. The van der Waals surface area contributed by atoms with Gasteiger partial charge in [-0.15, -0.1) is 11.3 Å². The van der Waals surface area contributed by atoms with Crippen molar-refractivity contribution in [1.82, 2.24) is 4.57 Å². The summed E-state index contributed by atoms with van der Waals surface area (Å²) in [7, 11) is 0. The summed E-state index contributed by atoms with van der Waals surface area (Å²) >= 11 is 6.45. The third-order valence-electron chi connectivity index (χ3n) is 1.85. The Hall–Kier alpha value is -0.390. The Bertz CT molecular complexity index is 305. The van der Waals surface area contributed by atoms with Crippen molar-refractivity contribution in [3.63, 3.8) is 0 Å². The van der Waals surface area contributed by atoms with E-state index < -0.39 is 0 Å². The van der Waals surface area contributed by atoms with Crippen LogP contribution in [0.2, 0.25) is 0 Å². The smallest absolute Gasteiger partial charge is 0.202 e. The Morgan fingerprint density at radius 2 is 2.23 bits per heavy atom. The molecule has 0 fully saturated rings. The molecule has 1 aromatic heterocycles. The van der Waals surface area contributed by atoms with Crippen molar-refractivity contribution in [2.45, 2.75) is 25.8 Å². The van der Waals surface area contributed by atoms with Gasteiger partial charge in [0.25, 0.3) is 0 Å². The highest BCUT2D eigenvalue weighted by Gasteiger charge is 2.00. The Labute approximate surface area is 86.8 Å². The van der Waals surface area contributed by atoms with Crippen LogP contribution in [0.25, 0.3) is 0 Å². The van der Waals surface area contributed by atoms with Crippen molar-refractivity contribution in [3.8, 4) is 5.88 Å². The lowest BCUT2D eigenvalue weighted by Gasteiger charge is -2.03. The van der Waals surface area contributed by atoms with Crippen molar-refractivity contribution in [1.29, 1.82) is 0 Å². The van der Waals surface area contributed by atoms with E-state index in [2.05, 4.69) is 0 Å². The highest BCUT2D eigenvalue weighted by atomic mass is 32.1. The van der Waals surface area contributed by atoms with Gasteiger partial charge < -0.3 is 10.8 Å². The first-order valence-corrected chi connectivity index (χ1v) is 5.62. The minimum Gasteiger partial charge on any atom is -0.494 e. The Morgan fingerprint density at radius 1 is 1.46 bits per heavy atom. The van der Waals surface area contributed by atoms with Gasteiger partial charge in [0.2, 0.25) is 5.88 Å². The van der Waals surface area contributed by atoms with Crippen molar-refractivity contribution in [2.24, 2.45) is 5.73 Å². The number of hydrogen-bond acceptors (Lipinski definition) is 4.